The summed E-state index contributed by atoms with van der Waals surface area (Å²) in [6, 6.07) is 7.56. The highest BCUT2D eigenvalue weighted by molar-refractivity contribution is 5.97. The third kappa shape index (κ3) is 4.72. The second-order valence-corrected chi connectivity index (χ2v) is 5.93. The summed E-state index contributed by atoms with van der Waals surface area (Å²) in [5.41, 5.74) is 6.77. The van der Waals surface area contributed by atoms with Gasteiger partial charge in [-0.25, -0.2) is 0 Å². The molecule has 0 atom stereocenters. The average Bonchev–Trinajstić information content (AvgIpc) is 2.72. The molecular weight excluding hydrogens is 266 g/mol. The van der Waals surface area contributed by atoms with E-state index in [2.05, 4.69) is 10.5 Å². The van der Waals surface area contributed by atoms with Crippen molar-refractivity contribution in [3.8, 4) is 0 Å². The summed E-state index contributed by atoms with van der Waals surface area (Å²) in [7, 11) is 0. The van der Waals surface area contributed by atoms with Crippen molar-refractivity contribution in [2.75, 3.05) is 6.54 Å². The zero-order chi connectivity index (χ0) is 15.1. The largest absolute Gasteiger partial charge is 0.409 e. The zero-order valence-corrected chi connectivity index (χ0v) is 12.4. The van der Waals surface area contributed by atoms with E-state index < -0.39 is 5.60 Å². The fraction of sp³-hybridized carbons (Fsp3) is 0.562. The van der Waals surface area contributed by atoms with Crippen molar-refractivity contribution in [2.24, 2.45) is 10.9 Å². The minimum atomic E-state index is -0.570. The normalized spacial score (nSPS) is 19.2. The Morgan fingerprint density at radius 2 is 1.95 bits per heavy atom. The van der Waals surface area contributed by atoms with Crippen LogP contribution in [0.5, 0.6) is 0 Å². The number of aliphatic hydroxyl groups is 1. The van der Waals surface area contributed by atoms with Crippen molar-refractivity contribution in [3.63, 3.8) is 0 Å². The Bertz CT molecular complexity index is 480. The van der Waals surface area contributed by atoms with Gasteiger partial charge < -0.3 is 21.4 Å². The molecule has 0 amide bonds. The molecule has 0 unspecified atom stereocenters. The minimum Gasteiger partial charge on any atom is -0.409 e. The van der Waals surface area contributed by atoms with E-state index in [0.717, 1.165) is 31.2 Å². The molecule has 21 heavy (non-hydrogen) atoms. The van der Waals surface area contributed by atoms with Crippen molar-refractivity contribution in [1.29, 1.82) is 0 Å². The van der Waals surface area contributed by atoms with E-state index in [1.807, 2.05) is 18.2 Å². The summed E-state index contributed by atoms with van der Waals surface area (Å²) in [5, 5.41) is 25.6. The van der Waals surface area contributed by atoms with Crippen molar-refractivity contribution < 1.29 is 10.3 Å². The minimum absolute atomic E-state index is 0.110. The smallest absolute Gasteiger partial charge is 0.170 e. The van der Waals surface area contributed by atoms with Gasteiger partial charge in [-0.15, -0.1) is 0 Å². The van der Waals surface area contributed by atoms with Gasteiger partial charge in [-0.3, -0.25) is 0 Å². The Balaban J connectivity index is 1.88. The third-order valence-corrected chi connectivity index (χ3v) is 4.15. The van der Waals surface area contributed by atoms with Crippen LogP contribution in [0.15, 0.2) is 29.4 Å². The summed E-state index contributed by atoms with van der Waals surface area (Å²) < 4.78 is 0. The van der Waals surface area contributed by atoms with E-state index in [1.165, 1.54) is 12.8 Å². The maximum Gasteiger partial charge on any atom is 0.170 e. The number of nitrogens with one attached hydrogen (secondary N) is 1. The molecule has 0 radical (unpaired) electrons. The van der Waals surface area contributed by atoms with Crippen LogP contribution in [0.25, 0.3) is 0 Å². The van der Waals surface area contributed by atoms with Crippen molar-refractivity contribution in [1.82, 2.24) is 5.32 Å². The van der Waals surface area contributed by atoms with Gasteiger partial charge in [0, 0.05) is 18.7 Å². The molecule has 0 heterocycles. The second kappa shape index (κ2) is 7.43. The van der Waals surface area contributed by atoms with Gasteiger partial charge in [-0.1, -0.05) is 49.0 Å². The Morgan fingerprint density at radius 1 is 1.24 bits per heavy atom. The van der Waals surface area contributed by atoms with Gasteiger partial charge in [0.05, 0.1) is 5.60 Å². The summed E-state index contributed by atoms with van der Waals surface area (Å²) in [4.78, 5) is 0. The van der Waals surface area contributed by atoms with Crippen LogP contribution < -0.4 is 11.1 Å². The Labute approximate surface area is 125 Å². The molecule has 5 heteroatoms. The van der Waals surface area contributed by atoms with Crippen LogP contribution in [0.1, 0.15) is 49.7 Å². The molecule has 5 nitrogen and oxygen atoms in total. The topological polar surface area (TPSA) is 90.9 Å². The molecule has 0 spiro atoms. The van der Waals surface area contributed by atoms with Gasteiger partial charge >= 0.3 is 0 Å². The number of nitrogens with zero attached hydrogens (tertiary/aromatic N) is 1. The van der Waals surface area contributed by atoms with Crippen LogP contribution in [-0.2, 0) is 6.54 Å². The molecule has 1 aliphatic carbocycles. The van der Waals surface area contributed by atoms with Crippen LogP contribution in [0.3, 0.4) is 0 Å². The number of hydrogen-bond donors (Lipinski definition) is 4. The molecule has 1 aliphatic rings. The molecule has 1 saturated carbocycles. The lowest BCUT2D eigenvalue weighted by Crippen LogP contribution is -2.39. The molecule has 0 aliphatic heterocycles. The number of hydrogen-bond acceptors (Lipinski definition) is 4. The fourth-order valence-electron chi connectivity index (χ4n) is 2.90. The van der Waals surface area contributed by atoms with Gasteiger partial charge in [0.2, 0.25) is 0 Å². The van der Waals surface area contributed by atoms with E-state index >= 15 is 0 Å². The highest BCUT2D eigenvalue weighted by atomic mass is 16.4. The lowest BCUT2D eigenvalue weighted by molar-refractivity contribution is 0.0250. The van der Waals surface area contributed by atoms with Gasteiger partial charge in [-0.05, 0) is 24.5 Å². The molecule has 0 aromatic heterocycles. The Morgan fingerprint density at radius 3 is 2.62 bits per heavy atom. The first-order valence-corrected chi connectivity index (χ1v) is 7.63. The highest BCUT2D eigenvalue weighted by Crippen LogP contribution is 2.26. The molecule has 5 N–H and O–H groups in total. The van der Waals surface area contributed by atoms with Gasteiger partial charge in [0.25, 0.3) is 0 Å². The molecule has 0 saturated heterocycles. The monoisotopic (exact) mass is 291 g/mol. The molecule has 2 rings (SSSR count). The van der Waals surface area contributed by atoms with Crippen LogP contribution in [0.2, 0.25) is 0 Å². The average molecular weight is 291 g/mol. The fourth-order valence-corrected chi connectivity index (χ4v) is 2.90. The highest BCUT2D eigenvalue weighted by Gasteiger charge is 2.27. The lowest BCUT2D eigenvalue weighted by Gasteiger charge is -2.27. The predicted octanol–water partition coefficient (Wildman–Crippen LogP) is 1.96. The van der Waals surface area contributed by atoms with Gasteiger partial charge in [0.1, 0.15) is 0 Å². The predicted molar refractivity (Wildman–Crippen MR) is 83.3 cm³/mol. The maximum absolute atomic E-state index is 10.6. The molecule has 116 valence electrons. The number of amidine groups is 1. The number of rotatable bonds is 5. The molecule has 0 bridgehead atoms. The number of benzene rings is 1. The maximum atomic E-state index is 10.6. The first-order valence-electron chi connectivity index (χ1n) is 7.63. The van der Waals surface area contributed by atoms with Crippen LogP contribution in [0, 0.1) is 0 Å². The second-order valence-electron chi connectivity index (χ2n) is 5.93. The van der Waals surface area contributed by atoms with E-state index in [1.54, 1.807) is 6.07 Å². The third-order valence-electron chi connectivity index (χ3n) is 4.15. The van der Waals surface area contributed by atoms with E-state index in [0.29, 0.717) is 18.7 Å². The summed E-state index contributed by atoms with van der Waals surface area (Å²) in [6.45, 7) is 1.27. The molecule has 1 aromatic carbocycles. The van der Waals surface area contributed by atoms with Crippen molar-refractivity contribution in [2.45, 2.75) is 50.7 Å². The number of oxime groups is 1. The van der Waals surface area contributed by atoms with Gasteiger partial charge in [-0.2, -0.15) is 0 Å². The van der Waals surface area contributed by atoms with Crippen LogP contribution in [0.4, 0.5) is 0 Å². The Kier molecular flexibility index (Phi) is 5.59. The molecule has 1 fully saturated rings. The number of nitrogens with two attached hydrogens (primary N) is 1. The Hall–Kier alpha value is -1.59. The summed E-state index contributed by atoms with van der Waals surface area (Å²) in [6.07, 6.45) is 6.43. The quantitative estimate of drug-likeness (QED) is 0.219. The summed E-state index contributed by atoms with van der Waals surface area (Å²) >= 11 is 0. The van der Waals surface area contributed by atoms with E-state index in [-0.39, 0.29) is 5.84 Å². The molecule has 1 aromatic rings. The van der Waals surface area contributed by atoms with Crippen LogP contribution >= 0.6 is 0 Å². The van der Waals surface area contributed by atoms with E-state index in [4.69, 9.17) is 10.9 Å². The molecular formula is C16H25N3O2. The van der Waals surface area contributed by atoms with Gasteiger partial charge in [0.15, 0.2) is 5.84 Å². The lowest BCUT2D eigenvalue weighted by atomic mass is 9.94. The standard InChI is InChI=1S/C16H25N3O2/c17-15(19-21)14-7-5-6-13(10-14)11-18-12-16(20)8-3-1-2-4-9-16/h5-7,10,18,20-21H,1-4,8-9,11-12H2,(H2,17,19). The SMILES string of the molecule is NC(=NO)c1cccc(CNCC2(O)CCCCCC2)c1. The summed E-state index contributed by atoms with van der Waals surface area (Å²) in [5.74, 6) is 0.110. The van der Waals surface area contributed by atoms with Crippen LogP contribution in [-0.4, -0.2) is 28.3 Å². The van der Waals surface area contributed by atoms with Crippen molar-refractivity contribution >= 4 is 5.84 Å². The first kappa shape index (κ1) is 15.8. The van der Waals surface area contributed by atoms with Crippen molar-refractivity contribution in [3.05, 3.63) is 35.4 Å². The first-order chi connectivity index (χ1) is 10.1. The van der Waals surface area contributed by atoms with E-state index in [9.17, 15) is 5.11 Å². The zero-order valence-electron chi connectivity index (χ0n) is 12.4.